The van der Waals surface area contributed by atoms with Crippen LogP contribution < -0.4 is 11.1 Å². The summed E-state index contributed by atoms with van der Waals surface area (Å²) < 4.78 is 21.4. The van der Waals surface area contributed by atoms with Gasteiger partial charge in [-0.3, -0.25) is 14.4 Å². The van der Waals surface area contributed by atoms with Crippen LogP contribution >= 0.6 is 0 Å². The Bertz CT molecular complexity index is 1770. The number of hydrogen-bond acceptors (Lipinski definition) is 11. The van der Waals surface area contributed by atoms with Crippen LogP contribution in [0.5, 0.6) is 0 Å². The van der Waals surface area contributed by atoms with Crippen LogP contribution in [0.2, 0.25) is 0 Å². The molecule has 1 aliphatic carbocycles. The summed E-state index contributed by atoms with van der Waals surface area (Å²) in [7, 11) is 1.64. The second-order valence-electron chi connectivity index (χ2n) is 14.5. The Morgan fingerprint density at radius 3 is 2.11 bits per heavy atom. The Kier molecular flexibility index (Phi) is 17.5. The third-order valence-electron chi connectivity index (χ3n) is 10.5. The summed E-state index contributed by atoms with van der Waals surface area (Å²) in [6, 6.07) is 21.3. The number of azo groups is 1. The lowest BCUT2D eigenvalue weighted by Crippen LogP contribution is -2.31. The lowest BCUT2D eigenvalue weighted by molar-refractivity contribution is -0.129. The molecule has 56 heavy (non-hydrogen) atoms. The Hall–Kier alpha value is -4.46. The van der Waals surface area contributed by atoms with Crippen molar-refractivity contribution in [2.45, 2.75) is 58.3 Å². The monoisotopic (exact) mass is 767 g/mol. The van der Waals surface area contributed by atoms with E-state index in [1.54, 1.807) is 7.11 Å². The first kappa shape index (κ1) is 42.7. The maximum Gasteiger partial charge on any atom is 0.228 e. The fourth-order valence-electron chi connectivity index (χ4n) is 7.14. The molecule has 3 aromatic carbocycles. The van der Waals surface area contributed by atoms with Gasteiger partial charge < -0.3 is 30.0 Å². The summed E-state index contributed by atoms with van der Waals surface area (Å²) >= 11 is 0. The minimum absolute atomic E-state index is 0.0322. The van der Waals surface area contributed by atoms with Gasteiger partial charge in [0.15, 0.2) is 18.3 Å². The van der Waals surface area contributed by atoms with Crippen LogP contribution in [0.25, 0.3) is 11.1 Å². The summed E-state index contributed by atoms with van der Waals surface area (Å²) in [6.45, 7) is 6.59. The largest absolute Gasteiger partial charge is 0.382 e. The summed E-state index contributed by atoms with van der Waals surface area (Å²) in [5.41, 5.74) is 12.1. The van der Waals surface area contributed by atoms with Gasteiger partial charge in [-0.25, -0.2) is 4.99 Å². The Balaban J connectivity index is 1.14. The van der Waals surface area contributed by atoms with Crippen molar-refractivity contribution in [1.82, 2.24) is 0 Å². The van der Waals surface area contributed by atoms with E-state index < -0.39 is 5.92 Å². The number of nitrogens with one attached hydrogen (secondary N) is 1. The quantitative estimate of drug-likeness (QED) is 0.0726. The number of amides is 1. The molecule has 2 aliphatic rings. The zero-order valence-electron chi connectivity index (χ0n) is 32.9. The fraction of sp³-hybridized carbons (Fsp3) is 0.500. The van der Waals surface area contributed by atoms with E-state index in [9.17, 15) is 14.4 Å². The van der Waals surface area contributed by atoms with E-state index >= 15 is 0 Å². The first-order chi connectivity index (χ1) is 27.3. The van der Waals surface area contributed by atoms with E-state index in [0.717, 1.165) is 53.5 Å². The van der Waals surface area contributed by atoms with Crippen LogP contribution in [0.15, 0.2) is 82.0 Å². The molecule has 1 fully saturated rings. The lowest BCUT2D eigenvalue weighted by atomic mass is 9.77. The number of carbonyl (C=O) groups is 3. The van der Waals surface area contributed by atoms with Gasteiger partial charge in [-0.1, -0.05) is 36.4 Å². The van der Waals surface area contributed by atoms with E-state index in [0.29, 0.717) is 102 Å². The minimum atomic E-state index is -0.532. The van der Waals surface area contributed by atoms with Crippen LogP contribution in [0.1, 0.15) is 72.0 Å². The summed E-state index contributed by atoms with van der Waals surface area (Å²) in [5.74, 6) is 0.533. The number of methoxy groups -OCH3 is 1. The van der Waals surface area contributed by atoms with Crippen LogP contribution in [-0.2, 0) is 35.0 Å². The average molecular weight is 768 g/mol. The summed E-state index contributed by atoms with van der Waals surface area (Å²) in [6.07, 6.45) is 5.22. The van der Waals surface area contributed by atoms with Crippen molar-refractivity contribution in [1.29, 1.82) is 0 Å². The molecule has 3 aromatic rings. The first-order valence-corrected chi connectivity index (χ1v) is 19.9. The highest BCUT2D eigenvalue weighted by molar-refractivity contribution is 6.01. The van der Waals surface area contributed by atoms with Gasteiger partial charge in [0.25, 0.3) is 0 Å². The molecule has 0 spiro atoms. The number of amidine groups is 1. The van der Waals surface area contributed by atoms with Gasteiger partial charge in [0.1, 0.15) is 5.78 Å². The highest BCUT2D eigenvalue weighted by atomic mass is 16.6. The number of benzene rings is 3. The third-order valence-corrected chi connectivity index (χ3v) is 10.5. The molecule has 12 nitrogen and oxygen atoms in total. The fourth-order valence-corrected chi connectivity index (χ4v) is 7.14. The van der Waals surface area contributed by atoms with Crippen LogP contribution in [0.4, 0.5) is 5.69 Å². The number of carbonyl (C=O) groups excluding carboxylic acids is 3. The molecule has 1 aliphatic heterocycles. The van der Waals surface area contributed by atoms with Gasteiger partial charge in [-0.05, 0) is 110 Å². The Morgan fingerprint density at radius 2 is 1.48 bits per heavy atom. The number of rotatable bonds is 24. The van der Waals surface area contributed by atoms with Gasteiger partial charge in [0.05, 0.1) is 39.6 Å². The van der Waals surface area contributed by atoms with Gasteiger partial charge in [0, 0.05) is 55.2 Å². The SMILES string of the molecule is COCCOCCOCCOCCCC(=O)c1ccc(-c2ccc(C[C@H](CC(=O)C3CCC(CN)CC3)C(=O)Nc3ccc(C4=NCN=N4)cc3)cc2)c(C)c1. The van der Waals surface area contributed by atoms with Gasteiger partial charge in [-0.2, -0.15) is 5.11 Å². The molecule has 0 saturated heterocycles. The molecule has 0 radical (unpaired) electrons. The van der Waals surface area contributed by atoms with E-state index in [2.05, 4.69) is 20.5 Å². The maximum absolute atomic E-state index is 13.8. The number of ketones is 2. The van der Waals surface area contributed by atoms with Crippen molar-refractivity contribution in [2.75, 3.05) is 71.9 Å². The highest BCUT2D eigenvalue weighted by Gasteiger charge is 2.30. The highest BCUT2D eigenvalue weighted by Crippen LogP contribution is 2.32. The van der Waals surface area contributed by atoms with E-state index in [-0.39, 0.29) is 29.8 Å². The summed E-state index contributed by atoms with van der Waals surface area (Å²) in [5, 5.41) is 11.0. The number of nitrogens with two attached hydrogens (primary N) is 1. The smallest absolute Gasteiger partial charge is 0.228 e. The Morgan fingerprint density at radius 1 is 0.821 bits per heavy atom. The number of Topliss-reactive ketones (excluding diaryl/α,β-unsaturated/α-hetero) is 2. The first-order valence-electron chi connectivity index (χ1n) is 19.9. The number of aliphatic imine (C=N–C) groups is 1. The molecule has 1 heterocycles. The second kappa shape index (κ2) is 22.9. The van der Waals surface area contributed by atoms with Crippen LogP contribution in [-0.4, -0.2) is 89.9 Å². The number of anilines is 1. The van der Waals surface area contributed by atoms with Crippen molar-refractivity contribution < 1.29 is 33.3 Å². The predicted molar refractivity (Wildman–Crippen MR) is 217 cm³/mol. The molecule has 1 saturated carbocycles. The number of hydrogen-bond donors (Lipinski definition) is 2. The molecule has 0 unspecified atom stereocenters. The van der Waals surface area contributed by atoms with E-state index in [4.69, 9.17) is 24.7 Å². The molecule has 3 N–H and O–H groups in total. The number of ether oxygens (including phenoxy) is 4. The van der Waals surface area contributed by atoms with Gasteiger partial charge in [0.2, 0.25) is 5.91 Å². The zero-order valence-corrected chi connectivity index (χ0v) is 32.9. The molecule has 300 valence electrons. The molecular weight excluding hydrogens is 711 g/mol. The molecular formula is C44H57N5O7. The third kappa shape index (κ3) is 13.3. The van der Waals surface area contributed by atoms with Crippen LogP contribution in [0.3, 0.4) is 0 Å². The predicted octanol–water partition coefficient (Wildman–Crippen LogP) is 7.01. The normalized spacial score (nSPS) is 17.1. The molecule has 12 heteroatoms. The Labute approximate surface area is 330 Å². The molecule has 0 bridgehead atoms. The average Bonchev–Trinajstić information content (AvgIpc) is 3.77. The second-order valence-corrected chi connectivity index (χ2v) is 14.5. The maximum atomic E-state index is 13.8. The standard InChI is InChI=1S/C44H57N5O7/c1-31-26-37(41(50)4-3-19-54-22-23-56-25-24-55-21-20-53-2)15-18-40(31)34-9-5-32(6-10-34)27-38(28-42(51)35-11-7-33(29-45)8-12-35)44(52)48-39-16-13-36(14-17-39)43-46-30-47-49-43/h5-6,9-10,13-18,26,33,35,38H,3-4,7-8,11-12,19-25,27-30,45H2,1-2H3,(H,48,52)/t33?,35?,38-/m1/s1. The molecule has 1 atom stereocenters. The lowest BCUT2D eigenvalue weighted by Gasteiger charge is -2.27. The van der Waals surface area contributed by atoms with Crippen molar-refractivity contribution in [2.24, 2.45) is 38.7 Å². The van der Waals surface area contributed by atoms with Crippen molar-refractivity contribution >= 4 is 29.0 Å². The van der Waals surface area contributed by atoms with Crippen LogP contribution in [0, 0.1) is 24.7 Å². The molecule has 1 amide bonds. The summed E-state index contributed by atoms with van der Waals surface area (Å²) in [4.78, 5) is 44.6. The minimum Gasteiger partial charge on any atom is -0.382 e. The molecule has 5 rings (SSSR count). The number of nitrogens with zero attached hydrogens (tertiary/aromatic N) is 3. The topological polar surface area (TPSA) is 163 Å². The molecule has 0 aromatic heterocycles. The van der Waals surface area contributed by atoms with Gasteiger partial charge in [-0.15, -0.1) is 5.11 Å². The van der Waals surface area contributed by atoms with Crippen molar-refractivity contribution in [3.63, 3.8) is 0 Å². The zero-order chi connectivity index (χ0) is 39.5. The number of aryl methyl sites for hydroxylation is 1. The van der Waals surface area contributed by atoms with Crippen molar-refractivity contribution in [3.8, 4) is 11.1 Å². The van der Waals surface area contributed by atoms with E-state index in [1.165, 1.54) is 0 Å². The van der Waals surface area contributed by atoms with Gasteiger partial charge >= 0.3 is 0 Å². The van der Waals surface area contributed by atoms with E-state index in [1.807, 2.05) is 73.7 Å². The van der Waals surface area contributed by atoms with Crippen molar-refractivity contribution in [3.05, 3.63) is 89.0 Å².